The van der Waals surface area contributed by atoms with Gasteiger partial charge < -0.3 is 9.47 Å². The van der Waals surface area contributed by atoms with Gasteiger partial charge in [0.1, 0.15) is 0 Å². The minimum Gasteiger partial charge on any atom is -0.356 e. The largest absolute Gasteiger partial charge is 0.356 e. The number of ether oxygens (including phenoxy) is 2. The molecule has 1 rings (SSSR count). The molecule has 0 N–H and O–H groups in total. The smallest absolute Gasteiger partial charge is 0.160 e. The predicted molar refractivity (Wildman–Crippen MR) is 48.8 cm³/mol. The van der Waals surface area contributed by atoms with Gasteiger partial charge >= 0.3 is 0 Å². The van der Waals surface area contributed by atoms with E-state index in [4.69, 9.17) is 9.47 Å². The Morgan fingerprint density at radius 1 is 0.917 bits per heavy atom. The number of hydrogen-bond acceptors (Lipinski definition) is 2. The van der Waals surface area contributed by atoms with Gasteiger partial charge in [0, 0.05) is 13.0 Å². The van der Waals surface area contributed by atoms with Crippen molar-refractivity contribution in [3.63, 3.8) is 0 Å². The highest BCUT2D eigenvalue weighted by molar-refractivity contribution is 4.80. The van der Waals surface area contributed by atoms with Crippen LogP contribution in [-0.2, 0) is 9.47 Å². The van der Waals surface area contributed by atoms with Gasteiger partial charge in [0.15, 0.2) is 6.29 Å². The van der Waals surface area contributed by atoms with Gasteiger partial charge in [0.05, 0.1) is 6.10 Å². The van der Waals surface area contributed by atoms with Gasteiger partial charge in [-0.1, -0.05) is 20.8 Å². The van der Waals surface area contributed by atoms with Crippen molar-refractivity contribution < 1.29 is 9.47 Å². The lowest BCUT2D eigenvalue weighted by Crippen LogP contribution is -2.44. The van der Waals surface area contributed by atoms with Gasteiger partial charge in [-0.2, -0.15) is 0 Å². The zero-order valence-electron chi connectivity index (χ0n) is 8.70. The Labute approximate surface area is 75.2 Å². The second-order valence-electron chi connectivity index (χ2n) is 4.02. The SMILES string of the molecule is CO[C@@H]1OC(C)[C@H](C)[C@H](C)C1C. The van der Waals surface area contributed by atoms with Gasteiger partial charge in [-0.05, 0) is 18.8 Å². The van der Waals surface area contributed by atoms with Gasteiger partial charge in [-0.15, -0.1) is 0 Å². The van der Waals surface area contributed by atoms with E-state index in [1.807, 2.05) is 0 Å². The lowest BCUT2D eigenvalue weighted by atomic mass is 9.79. The minimum atomic E-state index is -0.00815. The normalized spacial score (nSPS) is 49.2. The first-order chi connectivity index (χ1) is 5.57. The summed E-state index contributed by atoms with van der Waals surface area (Å²) in [6, 6.07) is 0. The van der Waals surface area contributed by atoms with Crippen molar-refractivity contribution in [2.45, 2.75) is 40.1 Å². The molecule has 0 aliphatic carbocycles. The fourth-order valence-corrected chi connectivity index (χ4v) is 1.88. The van der Waals surface area contributed by atoms with Crippen LogP contribution in [-0.4, -0.2) is 19.5 Å². The Balaban J connectivity index is 2.63. The number of rotatable bonds is 1. The minimum absolute atomic E-state index is 0.00815. The van der Waals surface area contributed by atoms with E-state index in [1.165, 1.54) is 0 Å². The summed E-state index contributed by atoms with van der Waals surface area (Å²) in [4.78, 5) is 0. The van der Waals surface area contributed by atoms with Gasteiger partial charge in [0.2, 0.25) is 0 Å². The lowest BCUT2D eigenvalue weighted by Gasteiger charge is -2.41. The van der Waals surface area contributed by atoms with E-state index < -0.39 is 0 Å². The van der Waals surface area contributed by atoms with Crippen LogP contribution in [0.2, 0.25) is 0 Å². The van der Waals surface area contributed by atoms with Crippen molar-refractivity contribution in [1.82, 2.24) is 0 Å². The van der Waals surface area contributed by atoms with Crippen molar-refractivity contribution in [2.24, 2.45) is 17.8 Å². The Morgan fingerprint density at radius 2 is 1.50 bits per heavy atom. The molecule has 0 bridgehead atoms. The summed E-state index contributed by atoms with van der Waals surface area (Å²) < 4.78 is 11.0. The molecule has 72 valence electrons. The van der Waals surface area contributed by atoms with Crippen LogP contribution in [0.5, 0.6) is 0 Å². The molecule has 0 aromatic carbocycles. The summed E-state index contributed by atoms with van der Waals surface area (Å²) >= 11 is 0. The zero-order chi connectivity index (χ0) is 9.30. The van der Waals surface area contributed by atoms with Crippen molar-refractivity contribution in [3.8, 4) is 0 Å². The van der Waals surface area contributed by atoms with E-state index in [0.29, 0.717) is 23.9 Å². The summed E-state index contributed by atoms with van der Waals surface area (Å²) in [6.07, 6.45) is 0.312. The number of methoxy groups -OCH3 is 1. The molecule has 0 aromatic rings. The molecule has 2 nitrogen and oxygen atoms in total. The average molecular weight is 172 g/mol. The average Bonchev–Trinajstić information content (AvgIpc) is 2.08. The first kappa shape index (κ1) is 10.0. The quantitative estimate of drug-likeness (QED) is 0.604. The molecule has 0 amide bonds. The molecular weight excluding hydrogens is 152 g/mol. The molecule has 12 heavy (non-hydrogen) atoms. The number of hydrogen-bond donors (Lipinski definition) is 0. The van der Waals surface area contributed by atoms with Gasteiger partial charge in [-0.3, -0.25) is 0 Å². The third-order valence-corrected chi connectivity index (χ3v) is 3.41. The van der Waals surface area contributed by atoms with Crippen LogP contribution < -0.4 is 0 Å². The molecule has 1 aliphatic heterocycles. The predicted octanol–water partition coefficient (Wildman–Crippen LogP) is 2.29. The van der Waals surface area contributed by atoms with Crippen LogP contribution in [0.25, 0.3) is 0 Å². The fraction of sp³-hybridized carbons (Fsp3) is 1.00. The monoisotopic (exact) mass is 172 g/mol. The summed E-state index contributed by atoms with van der Waals surface area (Å²) in [5, 5.41) is 0. The molecule has 0 spiro atoms. The maximum atomic E-state index is 5.71. The van der Waals surface area contributed by atoms with Crippen LogP contribution in [0.15, 0.2) is 0 Å². The third-order valence-electron chi connectivity index (χ3n) is 3.41. The van der Waals surface area contributed by atoms with Crippen molar-refractivity contribution in [2.75, 3.05) is 7.11 Å². The highest BCUT2D eigenvalue weighted by Crippen LogP contribution is 2.34. The van der Waals surface area contributed by atoms with Crippen molar-refractivity contribution in [1.29, 1.82) is 0 Å². The van der Waals surface area contributed by atoms with Gasteiger partial charge in [0.25, 0.3) is 0 Å². The van der Waals surface area contributed by atoms with Crippen LogP contribution in [0.3, 0.4) is 0 Å². The molecule has 1 saturated heterocycles. The highest BCUT2D eigenvalue weighted by atomic mass is 16.7. The van der Waals surface area contributed by atoms with Crippen molar-refractivity contribution >= 4 is 0 Å². The Kier molecular flexibility index (Phi) is 3.13. The van der Waals surface area contributed by atoms with Crippen molar-refractivity contribution in [3.05, 3.63) is 0 Å². The summed E-state index contributed by atoms with van der Waals surface area (Å²) in [7, 11) is 1.72. The maximum Gasteiger partial charge on any atom is 0.160 e. The van der Waals surface area contributed by atoms with Crippen LogP contribution in [0.4, 0.5) is 0 Å². The van der Waals surface area contributed by atoms with E-state index in [9.17, 15) is 0 Å². The van der Waals surface area contributed by atoms with Crippen LogP contribution in [0, 0.1) is 17.8 Å². The van der Waals surface area contributed by atoms with E-state index in [-0.39, 0.29) is 6.29 Å². The second-order valence-corrected chi connectivity index (χ2v) is 4.02. The van der Waals surface area contributed by atoms with E-state index in [1.54, 1.807) is 7.11 Å². The summed E-state index contributed by atoms with van der Waals surface area (Å²) in [6.45, 7) is 8.85. The Morgan fingerprint density at radius 3 is 2.00 bits per heavy atom. The molecule has 1 heterocycles. The molecule has 1 aliphatic rings. The Hall–Kier alpha value is -0.0800. The maximum absolute atomic E-state index is 5.71. The molecule has 5 atom stereocenters. The first-order valence-electron chi connectivity index (χ1n) is 4.76. The standard InChI is InChI=1S/C10H20O2/c1-6-7(2)9(4)12-10(11-5)8(6)3/h6-10H,1-5H3/t6-,7+,8?,9?,10+/m0/s1. The lowest BCUT2D eigenvalue weighted by molar-refractivity contribution is -0.232. The highest BCUT2D eigenvalue weighted by Gasteiger charge is 2.36. The van der Waals surface area contributed by atoms with E-state index in [0.717, 1.165) is 0 Å². The molecule has 1 fully saturated rings. The molecular formula is C10H20O2. The van der Waals surface area contributed by atoms with Crippen LogP contribution in [0.1, 0.15) is 27.7 Å². The third kappa shape index (κ3) is 1.64. The summed E-state index contributed by atoms with van der Waals surface area (Å²) in [5.74, 6) is 1.81. The second kappa shape index (κ2) is 3.75. The van der Waals surface area contributed by atoms with Gasteiger partial charge in [-0.25, -0.2) is 0 Å². The molecule has 0 aromatic heterocycles. The Bertz CT molecular complexity index is 142. The molecule has 0 radical (unpaired) electrons. The van der Waals surface area contributed by atoms with E-state index >= 15 is 0 Å². The zero-order valence-corrected chi connectivity index (χ0v) is 8.70. The molecule has 0 saturated carbocycles. The summed E-state index contributed by atoms with van der Waals surface area (Å²) in [5.41, 5.74) is 0. The van der Waals surface area contributed by atoms with E-state index in [2.05, 4.69) is 27.7 Å². The van der Waals surface area contributed by atoms with Crippen LogP contribution >= 0.6 is 0 Å². The topological polar surface area (TPSA) is 18.5 Å². The molecule has 2 heteroatoms. The fourth-order valence-electron chi connectivity index (χ4n) is 1.88. The first-order valence-corrected chi connectivity index (χ1v) is 4.76. The molecule has 2 unspecified atom stereocenters.